The highest BCUT2D eigenvalue weighted by atomic mass is 32.2. The number of rotatable bonds is 14. The minimum absolute atomic E-state index is 0.0888. The standard InChI is InChI=1S/C20H36N8O5S/c1-12(29)26-14(7-10-34-2)19(33)28-9-4-6-15(28)18(32)27-13(5-3-8-24-20(22)23)17(31)25-11-16(21)30/h13-15H,3-11H2,1-2H3,(H2,21,30)(H,25,31)(H,26,29)(H,27,32)(H4,22,23,24)/t13-,14-,15-/m0/s1. The Balaban J connectivity index is 2.91. The third kappa shape index (κ3) is 10.3. The van der Waals surface area contributed by atoms with Crippen molar-refractivity contribution >= 4 is 47.3 Å². The van der Waals surface area contributed by atoms with E-state index in [9.17, 15) is 24.0 Å². The van der Waals surface area contributed by atoms with Crippen molar-refractivity contribution in [3.8, 4) is 0 Å². The van der Waals surface area contributed by atoms with Crippen molar-refractivity contribution < 1.29 is 24.0 Å². The summed E-state index contributed by atoms with van der Waals surface area (Å²) < 4.78 is 0. The summed E-state index contributed by atoms with van der Waals surface area (Å²) in [6.07, 6.45) is 3.97. The number of carbonyl (C=O) groups excluding carboxylic acids is 5. The highest BCUT2D eigenvalue weighted by Crippen LogP contribution is 2.20. The van der Waals surface area contributed by atoms with Crippen LogP contribution in [0.25, 0.3) is 0 Å². The summed E-state index contributed by atoms with van der Waals surface area (Å²) in [6, 6.07) is -2.48. The topological polar surface area (TPSA) is 215 Å². The summed E-state index contributed by atoms with van der Waals surface area (Å²) in [4.78, 5) is 66.7. The summed E-state index contributed by atoms with van der Waals surface area (Å²) >= 11 is 1.55. The van der Waals surface area contributed by atoms with Crippen molar-refractivity contribution in [1.82, 2.24) is 20.9 Å². The molecule has 0 saturated carbocycles. The molecule has 0 aliphatic carbocycles. The predicted molar refractivity (Wildman–Crippen MR) is 129 cm³/mol. The van der Waals surface area contributed by atoms with Gasteiger partial charge in [0.1, 0.15) is 18.1 Å². The molecule has 9 N–H and O–H groups in total. The van der Waals surface area contributed by atoms with Crippen LogP contribution in [0.2, 0.25) is 0 Å². The van der Waals surface area contributed by atoms with E-state index in [1.807, 2.05) is 6.26 Å². The van der Waals surface area contributed by atoms with Crippen LogP contribution >= 0.6 is 11.8 Å². The number of hydrogen-bond donors (Lipinski definition) is 6. The third-order valence-electron chi connectivity index (χ3n) is 5.14. The molecule has 0 bridgehead atoms. The molecule has 0 radical (unpaired) electrons. The quantitative estimate of drug-likeness (QED) is 0.0840. The van der Waals surface area contributed by atoms with E-state index in [-0.39, 0.29) is 37.3 Å². The maximum Gasteiger partial charge on any atom is 0.245 e. The lowest BCUT2D eigenvalue weighted by Crippen LogP contribution is -2.56. The van der Waals surface area contributed by atoms with Gasteiger partial charge in [-0.1, -0.05) is 0 Å². The fourth-order valence-electron chi connectivity index (χ4n) is 3.58. The van der Waals surface area contributed by atoms with Gasteiger partial charge in [0.2, 0.25) is 29.5 Å². The molecule has 34 heavy (non-hydrogen) atoms. The fraction of sp³-hybridized carbons (Fsp3) is 0.700. The summed E-state index contributed by atoms with van der Waals surface area (Å²) in [5, 5.41) is 7.72. The van der Waals surface area contributed by atoms with Gasteiger partial charge < -0.3 is 38.1 Å². The molecule has 1 saturated heterocycles. The number of amides is 5. The molecule has 0 spiro atoms. The molecule has 13 nitrogen and oxygen atoms in total. The molecule has 1 rings (SSSR count). The smallest absolute Gasteiger partial charge is 0.245 e. The molecule has 1 fully saturated rings. The lowest BCUT2D eigenvalue weighted by molar-refractivity contribution is -0.142. The molecular weight excluding hydrogens is 464 g/mol. The van der Waals surface area contributed by atoms with E-state index in [1.165, 1.54) is 11.8 Å². The number of likely N-dealkylation sites (tertiary alicyclic amines) is 1. The van der Waals surface area contributed by atoms with Crippen LogP contribution in [0.1, 0.15) is 39.0 Å². The molecule has 0 aromatic heterocycles. The number of aliphatic imine (C=N–C) groups is 1. The number of nitrogens with zero attached hydrogens (tertiary/aromatic N) is 2. The zero-order chi connectivity index (χ0) is 25.7. The molecule has 14 heteroatoms. The summed E-state index contributed by atoms with van der Waals surface area (Å²) in [6.45, 7) is 1.58. The number of carbonyl (C=O) groups is 5. The minimum atomic E-state index is -0.971. The molecule has 3 atom stereocenters. The Morgan fingerprint density at radius 1 is 1.09 bits per heavy atom. The lowest BCUT2D eigenvalue weighted by atomic mass is 10.1. The Morgan fingerprint density at radius 3 is 2.38 bits per heavy atom. The highest BCUT2D eigenvalue weighted by molar-refractivity contribution is 7.98. The Labute approximate surface area is 203 Å². The minimum Gasteiger partial charge on any atom is -0.370 e. The van der Waals surface area contributed by atoms with Gasteiger partial charge in [-0.3, -0.25) is 29.0 Å². The van der Waals surface area contributed by atoms with Gasteiger partial charge in [-0.05, 0) is 44.1 Å². The Hall–Kier alpha value is -3.03. The van der Waals surface area contributed by atoms with Gasteiger partial charge in [-0.2, -0.15) is 11.8 Å². The number of primary amides is 1. The van der Waals surface area contributed by atoms with Gasteiger partial charge in [0.25, 0.3) is 0 Å². The van der Waals surface area contributed by atoms with E-state index in [4.69, 9.17) is 17.2 Å². The van der Waals surface area contributed by atoms with E-state index < -0.39 is 35.8 Å². The molecule has 5 amide bonds. The van der Waals surface area contributed by atoms with Crippen molar-refractivity contribution in [3.05, 3.63) is 0 Å². The Kier molecular flexibility index (Phi) is 12.8. The van der Waals surface area contributed by atoms with Gasteiger partial charge >= 0.3 is 0 Å². The highest BCUT2D eigenvalue weighted by Gasteiger charge is 2.38. The molecular formula is C20H36N8O5S. The van der Waals surface area contributed by atoms with Gasteiger partial charge in [0.05, 0.1) is 6.54 Å². The monoisotopic (exact) mass is 500 g/mol. The molecule has 1 aliphatic rings. The first-order valence-electron chi connectivity index (χ1n) is 11.0. The maximum atomic E-state index is 13.1. The van der Waals surface area contributed by atoms with E-state index in [0.717, 1.165) is 0 Å². The van der Waals surface area contributed by atoms with E-state index >= 15 is 0 Å². The summed E-state index contributed by atoms with van der Waals surface area (Å²) in [5.41, 5.74) is 15.7. The molecule has 1 aliphatic heterocycles. The zero-order valence-corrected chi connectivity index (χ0v) is 20.5. The third-order valence-corrected chi connectivity index (χ3v) is 5.78. The van der Waals surface area contributed by atoms with Gasteiger partial charge in [-0.15, -0.1) is 0 Å². The van der Waals surface area contributed by atoms with Crippen molar-refractivity contribution in [1.29, 1.82) is 0 Å². The number of nitrogens with one attached hydrogen (secondary N) is 3. The number of thioether (sulfide) groups is 1. The van der Waals surface area contributed by atoms with Gasteiger partial charge in [-0.25, -0.2) is 0 Å². The second-order valence-corrected chi connectivity index (χ2v) is 8.90. The first-order chi connectivity index (χ1) is 16.1. The molecule has 1 heterocycles. The van der Waals surface area contributed by atoms with Crippen LogP contribution in [-0.2, 0) is 24.0 Å². The first-order valence-corrected chi connectivity index (χ1v) is 12.4. The van der Waals surface area contributed by atoms with Gasteiger partial charge in [0, 0.05) is 20.0 Å². The second-order valence-electron chi connectivity index (χ2n) is 7.92. The predicted octanol–water partition coefficient (Wildman–Crippen LogP) is -2.62. The average molecular weight is 501 g/mol. The van der Waals surface area contributed by atoms with Crippen LogP contribution < -0.4 is 33.2 Å². The van der Waals surface area contributed by atoms with Crippen LogP contribution in [0.5, 0.6) is 0 Å². The van der Waals surface area contributed by atoms with Crippen LogP contribution in [-0.4, -0.2) is 90.2 Å². The Morgan fingerprint density at radius 2 is 1.79 bits per heavy atom. The number of hydrogen-bond acceptors (Lipinski definition) is 7. The SMILES string of the molecule is CSCC[C@H](NC(C)=O)C(=O)N1CCC[C@H]1C(=O)N[C@@H](CCCN=C(N)N)C(=O)NCC(N)=O. The molecule has 0 aromatic rings. The fourth-order valence-corrected chi connectivity index (χ4v) is 4.05. The lowest BCUT2D eigenvalue weighted by Gasteiger charge is -2.29. The van der Waals surface area contributed by atoms with Gasteiger partial charge in [0.15, 0.2) is 5.96 Å². The van der Waals surface area contributed by atoms with Crippen LogP contribution in [0.3, 0.4) is 0 Å². The largest absolute Gasteiger partial charge is 0.370 e. The normalized spacial score (nSPS) is 16.8. The van der Waals surface area contributed by atoms with Crippen molar-refractivity contribution in [2.45, 2.75) is 57.2 Å². The maximum absolute atomic E-state index is 13.1. The zero-order valence-electron chi connectivity index (χ0n) is 19.7. The molecule has 0 aromatic carbocycles. The number of guanidine groups is 1. The average Bonchev–Trinajstić information content (AvgIpc) is 3.26. The molecule has 0 unspecified atom stereocenters. The summed E-state index contributed by atoms with van der Waals surface area (Å²) in [5.74, 6) is -1.87. The van der Waals surface area contributed by atoms with Crippen molar-refractivity contribution in [3.63, 3.8) is 0 Å². The first kappa shape index (κ1) is 29.0. The summed E-state index contributed by atoms with van der Waals surface area (Å²) in [7, 11) is 0. The van der Waals surface area contributed by atoms with Crippen LogP contribution in [0.4, 0.5) is 0 Å². The second kappa shape index (κ2) is 15.0. The van der Waals surface area contributed by atoms with Crippen molar-refractivity contribution in [2.24, 2.45) is 22.2 Å². The van der Waals surface area contributed by atoms with Crippen LogP contribution in [0, 0.1) is 0 Å². The van der Waals surface area contributed by atoms with Crippen molar-refractivity contribution in [2.75, 3.05) is 31.6 Å². The Bertz CT molecular complexity index is 774. The van der Waals surface area contributed by atoms with E-state index in [2.05, 4.69) is 20.9 Å². The van der Waals surface area contributed by atoms with E-state index in [0.29, 0.717) is 38.0 Å². The molecule has 192 valence electrons. The number of nitrogens with two attached hydrogens (primary N) is 3. The van der Waals surface area contributed by atoms with E-state index in [1.54, 1.807) is 11.8 Å². The van der Waals surface area contributed by atoms with Crippen LogP contribution in [0.15, 0.2) is 4.99 Å².